The summed E-state index contributed by atoms with van der Waals surface area (Å²) in [7, 11) is 1.51. The van der Waals surface area contributed by atoms with Gasteiger partial charge in [0.2, 0.25) is 0 Å². The summed E-state index contributed by atoms with van der Waals surface area (Å²) in [6.07, 6.45) is 2.06. The second-order valence-corrected chi connectivity index (χ2v) is 7.77. The molecule has 1 amide bonds. The van der Waals surface area contributed by atoms with Gasteiger partial charge in [0.25, 0.3) is 15.0 Å². The van der Waals surface area contributed by atoms with E-state index in [1.165, 1.54) is 18.2 Å². The molecule has 1 heterocycles. The largest absolute Gasteiger partial charge is 0.381 e. The van der Waals surface area contributed by atoms with Gasteiger partial charge in [-0.25, -0.2) is 8.42 Å². The van der Waals surface area contributed by atoms with Gasteiger partial charge in [-0.05, 0) is 49.4 Å². The Labute approximate surface area is 129 Å². The van der Waals surface area contributed by atoms with E-state index < -0.39 is 9.05 Å². The summed E-state index contributed by atoms with van der Waals surface area (Å²) >= 11 is 0. The van der Waals surface area contributed by atoms with Crippen LogP contribution in [0.2, 0.25) is 0 Å². The molecule has 1 atom stereocenters. The summed E-state index contributed by atoms with van der Waals surface area (Å²) < 4.78 is 27.9. The lowest BCUT2D eigenvalue weighted by molar-refractivity contribution is 0.0536. The van der Waals surface area contributed by atoms with Crippen LogP contribution < -0.4 is 5.32 Å². The number of ether oxygens (including phenoxy) is 1. The lowest BCUT2D eigenvalue weighted by Crippen LogP contribution is -2.33. The number of amides is 1. The van der Waals surface area contributed by atoms with Crippen LogP contribution in [0.5, 0.6) is 0 Å². The lowest BCUT2D eigenvalue weighted by Gasteiger charge is -2.22. The van der Waals surface area contributed by atoms with E-state index >= 15 is 0 Å². The molecule has 7 heteroatoms. The van der Waals surface area contributed by atoms with Gasteiger partial charge in [0, 0.05) is 29.4 Å². The zero-order valence-electron chi connectivity index (χ0n) is 11.8. The fraction of sp³-hybridized carbons (Fsp3) is 0.500. The van der Waals surface area contributed by atoms with Crippen molar-refractivity contribution in [2.75, 3.05) is 19.8 Å². The number of hydrogen-bond acceptors (Lipinski definition) is 4. The average Bonchev–Trinajstić information content (AvgIpc) is 2.45. The smallest absolute Gasteiger partial charge is 0.261 e. The predicted octanol–water partition coefficient (Wildman–Crippen LogP) is 2.08. The Hall–Kier alpha value is -1.11. The van der Waals surface area contributed by atoms with Crippen molar-refractivity contribution in [1.29, 1.82) is 0 Å². The minimum absolute atomic E-state index is 0.00102. The highest BCUT2D eigenvalue weighted by Crippen LogP contribution is 2.19. The van der Waals surface area contributed by atoms with Gasteiger partial charge < -0.3 is 10.1 Å². The standard InChI is InChI=1S/C14H18ClNO4S/c1-10-7-12(21(15,18)19)4-5-13(10)14(17)16-8-11-3-2-6-20-9-11/h4-5,7,11H,2-3,6,8-9H2,1H3,(H,16,17). The van der Waals surface area contributed by atoms with E-state index in [-0.39, 0.29) is 10.8 Å². The summed E-state index contributed by atoms with van der Waals surface area (Å²) in [4.78, 5) is 12.1. The first-order valence-corrected chi connectivity index (χ1v) is 9.10. The number of halogens is 1. The van der Waals surface area contributed by atoms with Gasteiger partial charge in [0.1, 0.15) is 0 Å². The molecule has 1 aromatic rings. The molecule has 1 aliphatic heterocycles. The van der Waals surface area contributed by atoms with E-state index in [1.807, 2.05) is 0 Å². The third-order valence-corrected chi connectivity index (χ3v) is 4.88. The van der Waals surface area contributed by atoms with Crippen LogP contribution in [0.25, 0.3) is 0 Å². The van der Waals surface area contributed by atoms with Crippen molar-refractivity contribution in [3.05, 3.63) is 29.3 Å². The second kappa shape index (κ2) is 6.77. The predicted molar refractivity (Wildman–Crippen MR) is 80.1 cm³/mol. The molecule has 2 rings (SSSR count). The first kappa shape index (κ1) is 16.3. The molecule has 0 aromatic heterocycles. The molecule has 116 valence electrons. The minimum atomic E-state index is -3.77. The molecule has 1 N–H and O–H groups in total. The van der Waals surface area contributed by atoms with E-state index in [0.29, 0.717) is 30.2 Å². The van der Waals surface area contributed by atoms with E-state index in [1.54, 1.807) is 6.92 Å². The molecule has 0 spiro atoms. The highest BCUT2D eigenvalue weighted by Gasteiger charge is 2.17. The normalized spacial score (nSPS) is 19.2. The highest BCUT2D eigenvalue weighted by atomic mass is 35.7. The van der Waals surface area contributed by atoms with Gasteiger partial charge in [-0.1, -0.05) is 0 Å². The van der Waals surface area contributed by atoms with Crippen molar-refractivity contribution in [2.24, 2.45) is 5.92 Å². The maximum atomic E-state index is 12.1. The summed E-state index contributed by atoms with van der Waals surface area (Å²) in [5.41, 5.74) is 1.03. The Bertz CT molecular complexity index is 624. The molecule has 21 heavy (non-hydrogen) atoms. The Morgan fingerprint density at radius 1 is 1.48 bits per heavy atom. The molecule has 1 aliphatic rings. The quantitative estimate of drug-likeness (QED) is 0.857. The number of benzene rings is 1. The van der Waals surface area contributed by atoms with Crippen LogP contribution in [0.4, 0.5) is 0 Å². The van der Waals surface area contributed by atoms with E-state index in [4.69, 9.17) is 15.4 Å². The van der Waals surface area contributed by atoms with Gasteiger partial charge in [0.05, 0.1) is 11.5 Å². The summed E-state index contributed by atoms with van der Waals surface area (Å²) in [6, 6.07) is 4.23. The van der Waals surface area contributed by atoms with Crippen LogP contribution >= 0.6 is 10.7 Å². The van der Waals surface area contributed by atoms with Gasteiger partial charge in [-0.15, -0.1) is 0 Å². The highest BCUT2D eigenvalue weighted by molar-refractivity contribution is 8.13. The van der Waals surface area contributed by atoms with Crippen LogP contribution in [0, 0.1) is 12.8 Å². The third kappa shape index (κ3) is 4.43. The number of nitrogens with one attached hydrogen (secondary N) is 1. The van der Waals surface area contributed by atoms with Gasteiger partial charge in [-0.3, -0.25) is 4.79 Å². The van der Waals surface area contributed by atoms with Crippen molar-refractivity contribution >= 4 is 25.6 Å². The Kier molecular flexibility index (Phi) is 5.24. The molecule has 1 aromatic carbocycles. The van der Waals surface area contributed by atoms with E-state index in [9.17, 15) is 13.2 Å². The van der Waals surface area contributed by atoms with Crippen LogP contribution in [0.15, 0.2) is 23.1 Å². The van der Waals surface area contributed by atoms with E-state index in [2.05, 4.69) is 5.32 Å². The molecule has 0 aliphatic carbocycles. The Morgan fingerprint density at radius 3 is 2.81 bits per heavy atom. The van der Waals surface area contributed by atoms with Crippen molar-refractivity contribution in [3.8, 4) is 0 Å². The fourth-order valence-corrected chi connectivity index (χ4v) is 3.18. The summed E-state index contributed by atoms with van der Waals surface area (Å²) in [5, 5.41) is 2.87. The Morgan fingerprint density at radius 2 is 2.24 bits per heavy atom. The summed E-state index contributed by atoms with van der Waals surface area (Å²) in [6.45, 7) is 3.71. The molecular weight excluding hydrogens is 314 g/mol. The minimum Gasteiger partial charge on any atom is -0.381 e. The van der Waals surface area contributed by atoms with Crippen molar-refractivity contribution in [1.82, 2.24) is 5.32 Å². The fourth-order valence-electron chi connectivity index (χ4n) is 2.34. The molecule has 0 saturated carbocycles. The van der Waals surface area contributed by atoms with Crippen LogP contribution in [-0.4, -0.2) is 34.1 Å². The number of rotatable bonds is 4. The molecule has 1 saturated heterocycles. The van der Waals surface area contributed by atoms with Gasteiger partial charge in [0.15, 0.2) is 0 Å². The lowest BCUT2D eigenvalue weighted by atomic mass is 10.0. The molecule has 5 nitrogen and oxygen atoms in total. The SMILES string of the molecule is Cc1cc(S(=O)(=O)Cl)ccc1C(=O)NCC1CCCOC1. The number of hydrogen-bond donors (Lipinski definition) is 1. The van der Waals surface area contributed by atoms with Crippen LogP contribution in [0.1, 0.15) is 28.8 Å². The van der Waals surface area contributed by atoms with Crippen LogP contribution in [0.3, 0.4) is 0 Å². The first-order chi connectivity index (χ1) is 9.88. The van der Waals surface area contributed by atoms with E-state index in [0.717, 1.165) is 19.4 Å². The topological polar surface area (TPSA) is 72.5 Å². The van der Waals surface area contributed by atoms with Crippen LogP contribution in [-0.2, 0) is 13.8 Å². The monoisotopic (exact) mass is 331 g/mol. The maximum Gasteiger partial charge on any atom is 0.261 e. The molecule has 0 bridgehead atoms. The second-order valence-electron chi connectivity index (χ2n) is 5.21. The number of carbonyl (C=O) groups is 1. The first-order valence-electron chi connectivity index (χ1n) is 6.79. The average molecular weight is 332 g/mol. The third-order valence-electron chi connectivity index (χ3n) is 3.53. The summed E-state index contributed by atoms with van der Waals surface area (Å²) in [5.74, 6) is 0.127. The van der Waals surface area contributed by atoms with Gasteiger partial charge in [-0.2, -0.15) is 0 Å². The maximum absolute atomic E-state index is 12.1. The number of carbonyl (C=O) groups excluding carboxylic acids is 1. The molecule has 0 radical (unpaired) electrons. The molecule has 1 unspecified atom stereocenters. The zero-order valence-corrected chi connectivity index (χ0v) is 13.3. The van der Waals surface area contributed by atoms with Crippen molar-refractivity contribution in [2.45, 2.75) is 24.7 Å². The van der Waals surface area contributed by atoms with Crippen molar-refractivity contribution in [3.63, 3.8) is 0 Å². The number of aryl methyl sites for hydroxylation is 1. The molecule has 1 fully saturated rings. The zero-order chi connectivity index (χ0) is 15.5. The van der Waals surface area contributed by atoms with Crippen molar-refractivity contribution < 1.29 is 17.9 Å². The molecular formula is C14H18ClNO4S. The van der Waals surface area contributed by atoms with Gasteiger partial charge >= 0.3 is 0 Å². The Balaban J connectivity index is 2.02.